The fourth-order valence-electron chi connectivity index (χ4n) is 0. The second kappa shape index (κ2) is 47.5. The molecule has 0 rings (SSSR count). The first-order chi connectivity index (χ1) is 0. The fraction of sp³-hybridized carbons (Fsp3) is 0. The maximum atomic E-state index is 0. The summed E-state index contributed by atoms with van der Waals surface area (Å²) in [5.41, 5.74) is 0. The summed E-state index contributed by atoms with van der Waals surface area (Å²) in [6, 6.07) is 0. The summed E-state index contributed by atoms with van der Waals surface area (Å²) in [5, 5.41) is 0. The van der Waals surface area contributed by atoms with E-state index in [1.54, 1.807) is 0 Å². The average molecular weight is 573 g/mol. The zero-order valence-corrected chi connectivity index (χ0v) is 16.3. The summed E-state index contributed by atoms with van der Waals surface area (Å²) in [7, 11) is 0. The fourth-order valence-corrected chi connectivity index (χ4v) is 0. The number of rotatable bonds is 0. The summed E-state index contributed by atoms with van der Waals surface area (Å²) in [6.45, 7) is 0. The molecule has 7 heteroatoms. The van der Waals surface area contributed by atoms with Crippen molar-refractivity contribution < 1.29 is 140 Å². The topological polar surface area (TPSA) is 28.5 Å². The van der Waals surface area contributed by atoms with Gasteiger partial charge in [0.05, 0.1) is 0 Å². The van der Waals surface area contributed by atoms with Crippen molar-refractivity contribution in [2.24, 2.45) is 0 Å². The van der Waals surface area contributed by atoms with Crippen LogP contribution in [0.1, 0.15) is 0 Å². The molecule has 7 heavy (non-hydrogen) atoms. The molecule has 0 aromatic rings. The van der Waals surface area contributed by atoms with Crippen molar-refractivity contribution in [1.82, 2.24) is 0 Å². The van der Waals surface area contributed by atoms with Gasteiger partial charge in [-0.15, -0.1) is 0 Å². The van der Waals surface area contributed by atoms with Crippen molar-refractivity contribution in [3.63, 3.8) is 0 Å². The van der Waals surface area contributed by atoms with Crippen LogP contribution in [0.3, 0.4) is 0 Å². The Morgan fingerprint density at radius 2 is 0.286 bits per heavy atom. The van der Waals surface area contributed by atoms with Crippen molar-refractivity contribution >= 4 is 0 Å². The third-order valence-electron chi connectivity index (χ3n) is 0. The molecule has 0 N–H and O–H groups in total. The predicted molar refractivity (Wildman–Crippen MR) is 0.686 cm³/mol. The van der Waals surface area contributed by atoms with E-state index in [4.69, 9.17) is 0 Å². The Hall–Kier alpha value is 4.40. The van der Waals surface area contributed by atoms with Gasteiger partial charge in [-0.3, -0.25) is 0 Å². The monoisotopic (exact) mass is 573 g/mol. The van der Waals surface area contributed by atoms with E-state index < -0.39 is 0 Å². The molecule has 0 aromatic carbocycles. The van der Waals surface area contributed by atoms with Gasteiger partial charge in [0.25, 0.3) is 0 Å². The molecule has 0 aromatic heterocycles. The molecule has 0 amide bonds. The second-order valence-corrected chi connectivity index (χ2v) is 0. The van der Waals surface area contributed by atoms with E-state index in [-0.39, 0.29) is 140 Å². The van der Waals surface area contributed by atoms with Gasteiger partial charge in [-0.25, -0.2) is 0 Å². The molecule has 0 aliphatic carbocycles. The maximum Gasteiger partial charge on any atom is 5.00 e. The Kier molecular flexibility index (Phi) is 432. The molecule has 0 spiro atoms. The summed E-state index contributed by atoms with van der Waals surface area (Å²) in [4.78, 5) is 0. The van der Waals surface area contributed by atoms with Crippen molar-refractivity contribution in [3.8, 4) is 0 Å². The molecule has 0 unspecified atom stereocenters. The van der Waals surface area contributed by atoms with Gasteiger partial charge in [0.15, 0.2) is 0 Å². The zero-order chi connectivity index (χ0) is 0. The Balaban J connectivity index is 0. The Labute approximate surface area is 137 Å². The molecule has 8 valence electrons. The minimum Gasteiger partial charge on any atom is -2.00 e. The SMILES string of the molecule is [Nb+5].[Nb+5].[Nb+5].[Nb+5].[Nb+5].[Nb+5].[O-2]. The molecule has 1 nitrogen and oxygen atoms in total. The van der Waals surface area contributed by atoms with Crippen LogP contribution in [0.25, 0.3) is 0 Å². The number of hydrogen-bond donors (Lipinski definition) is 0. The van der Waals surface area contributed by atoms with Gasteiger partial charge in [-0.2, -0.15) is 0 Å². The summed E-state index contributed by atoms with van der Waals surface area (Å²) >= 11 is 0. The molecule has 0 heterocycles. The molecule has 0 saturated carbocycles. The van der Waals surface area contributed by atoms with Gasteiger partial charge < -0.3 is 5.48 Å². The molecule has 0 fully saturated rings. The Morgan fingerprint density at radius 1 is 0.286 bits per heavy atom. The number of hydrogen-bond acceptors (Lipinski definition) is 0. The first-order valence-corrected chi connectivity index (χ1v) is 0. The van der Waals surface area contributed by atoms with E-state index in [1.807, 2.05) is 0 Å². The largest absolute Gasteiger partial charge is 5.00 e. The second-order valence-electron chi connectivity index (χ2n) is 0. The van der Waals surface area contributed by atoms with Crippen molar-refractivity contribution in [1.29, 1.82) is 0 Å². The molecule has 0 bridgehead atoms. The van der Waals surface area contributed by atoms with Gasteiger partial charge in [0, 0.05) is 0 Å². The van der Waals surface area contributed by atoms with E-state index >= 15 is 0 Å². The molecule has 0 saturated heterocycles. The molecule has 0 aliphatic heterocycles. The Bertz CT molecular complexity index is 4.14. The van der Waals surface area contributed by atoms with Crippen LogP contribution in [0, 0.1) is 0 Å². The van der Waals surface area contributed by atoms with E-state index in [1.165, 1.54) is 0 Å². The van der Waals surface area contributed by atoms with Crippen LogP contribution in [0.15, 0.2) is 0 Å². The van der Waals surface area contributed by atoms with E-state index in [0.717, 1.165) is 0 Å². The summed E-state index contributed by atoms with van der Waals surface area (Å²) in [5.74, 6) is 0. The van der Waals surface area contributed by atoms with Gasteiger partial charge in [-0.1, -0.05) is 0 Å². The van der Waals surface area contributed by atoms with Crippen LogP contribution >= 0.6 is 0 Å². The average Bonchev–Trinajstić information content (AvgIpc) is 0. The predicted octanol–water partition coefficient (Wildman–Crippen LogP) is -0.134. The van der Waals surface area contributed by atoms with Crippen LogP contribution in [0.5, 0.6) is 0 Å². The zero-order valence-electron chi connectivity index (χ0n) is 3.09. The molecular weight excluding hydrogens is 573 g/mol. The third kappa shape index (κ3) is 37.9. The van der Waals surface area contributed by atoms with Crippen LogP contribution in [-0.2, 0) is 140 Å². The van der Waals surface area contributed by atoms with Gasteiger partial charge in [0.1, 0.15) is 0 Å². The van der Waals surface area contributed by atoms with Crippen molar-refractivity contribution in [2.45, 2.75) is 0 Å². The Morgan fingerprint density at radius 3 is 0.286 bits per heavy atom. The molecule has 0 radical (unpaired) electrons. The standard InChI is InChI=1S/6Nb.O/q6*+5;-2. The summed E-state index contributed by atoms with van der Waals surface area (Å²) in [6.07, 6.45) is 0. The summed E-state index contributed by atoms with van der Waals surface area (Å²) < 4.78 is 0. The molecular formula is Nb6O+28. The minimum absolute atomic E-state index is 0. The van der Waals surface area contributed by atoms with E-state index in [9.17, 15) is 0 Å². The maximum absolute atomic E-state index is 0. The van der Waals surface area contributed by atoms with Gasteiger partial charge >= 0.3 is 134 Å². The normalized spacial score (nSPS) is 0. The van der Waals surface area contributed by atoms with E-state index in [0.29, 0.717) is 0 Å². The van der Waals surface area contributed by atoms with Crippen LogP contribution in [0.2, 0.25) is 0 Å². The van der Waals surface area contributed by atoms with E-state index in [2.05, 4.69) is 0 Å². The van der Waals surface area contributed by atoms with Crippen LogP contribution < -0.4 is 0 Å². The van der Waals surface area contributed by atoms with Gasteiger partial charge in [0.2, 0.25) is 0 Å². The van der Waals surface area contributed by atoms with Crippen molar-refractivity contribution in [3.05, 3.63) is 0 Å². The van der Waals surface area contributed by atoms with Crippen LogP contribution in [-0.4, -0.2) is 0 Å². The van der Waals surface area contributed by atoms with Crippen LogP contribution in [0.4, 0.5) is 0 Å². The smallest absolute Gasteiger partial charge is 2.00 e. The van der Waals surface area contributed by atoms with Gasteiger partial charge in [-0.05, 0) is 0 Å². The molecule has 0 atom stereocenters. The minimum atomic E-state index is 0. The first kappa shape index (κ1) is 63.7. The molecule has 0 aliphatic rings. The quantitative estimate of drug-likeness (QED) is 0.362. The van der Waals surface area contributed by atoms with Crippen molar-refractivity contribution in [2.75, 3.05) is 0 Å². The first-order valence-electron chi connectivity index (χ1n) is 0. The third-order valence-corrected chi connectivity index (χ3v) is 0.